The van der Waals surface area contributed by atoms with E-state index in [4.69, 9.17) is 21.7 Å². The van der Waals surface area contributed by atoms with Gasteiger partial charge in [-0.3, -0.25) is 10.1 Å². The van der Waals surface area contributed by atoms with Gasteiger partial charge in [-0.2, -0.15) is 0 Å². The highest BCUT2D eigenvalue weighted by molar-refractivity contribution is 7.80. The molecule has 27 heavy (non-hydrogen) atoms. The fourth-order valence-electron chi connectivity index (χ4n) is 2.54. The topological polar surface area (TPSA) is 91.6 Å². The van der Waals surface area contributed by atoms with Crippen molar-refractivity contribution >= 4 is 34.9 Å². The van der Waals surface area contributed by atoms with Crippen LogP contribution in [0.25, 0.3) is 11.3 Å². The molecule has 0 bridgehead atoms. The minimum Gasteiger partial charge on any atom is -0.475 e. The highest BCUT2D eigenvalue weighted by Crippen LogP contribution is 2.27. The SMILES string of the molecule is Cc1cc(NC(=S)NC(=O)c2ccccc2)ccc1-c1ccc(C(=O)O)o1. The van der Waals surface area contributed by atoms with Crippen LogP contribution in [0, 0.1) is 6.92 Å². The van der Waals surface area contributed by atoms with Crippen molar-refractivity contribution in [2.75, 3.05) is 5.32 Å². The van der Waals surface area contributed by atoms with Crippen LogP contribution in [0.1, 0.15) is 26.5 Å². The van der Waals surface area contributed by atoms with Crippen molar-refractivity contribution in [1.82, 2.24) is 5.32 Å². The van der Waals surface area contributed by atoms with E-state index in [0.717, 1.165) is 11.1 Å². The van der Waals surface area contributed by atoms with Crippen molar-refractivity contribution in [3.8, 4) is 11.3 Å². The van der Waals surface area contributed by atoms with Gasteiger partial charge in [-0.25, -0.2) is 4.79 Å². The zero-order valence-corrected chi connectivity index (χ0v) is 15.2. The van der Waals surface area contributed by atoms with E-state index < -0.39 is 5.97 Å². The van der Waals surface area contributed by atoms with Crippen LogP contribution < -0.4 is 10.6 Å². The molecule has 0 fully saturated rings. The van der Waals surface area contributed by atoms with Gasteiger partial charge in [-0.05, 0) is 67.2 Å². The van der Waals surface area contributed by atoms with Crippen molar-refractivity contribution < 1.29 is 19.1 Å². The molecule has 0 spiro atoms. The maximum atomic E-state index is 12.1. The van der Waals surface area contributed by atoms with Crippen molar-refractivity contribution in [2.45, 2.75) is 6.92 Å². The van der Waals surface area contributed by atoms with Crippen LogP contribution >= 0.6 is 12.2 Å². The number of hydrogen-bond donors (Lipinski definition) is 3. The minimum atomic E-state index is -1.11. The Bertz CT molecular complexity index is 1010. The summed E-state index contributed by atoms with van der Waals surface area (Å²) in [5, 5.41) is 14.7. The molecule has 1 aromatic heterocycles. The number of aromatic carboxylic acids is 1. The van der Waals surface area contributed by atoms with Crippen molar-refractivity contribution in [3.05, 3.63) is 77.6 Å². The van der Waals surface area contributed by atoms with Gasteiger partial charge in [-0.15, -0.1) is 0 Å². The lowest BCUT2D eigenvalue weighted by atomic mass is 10.1. The Morgan fingerprint density at radius 3 is 2.41 bits per heavy atom. The summed E-state index contributed by atoms with van der Waals surface area (Å²) in [6.45, 7) is 1.87. The molecule has 0 unspecified atom stereocenters. The first kappa shape index (κ1) is 18.3. The van der Waals surface area contributed by atoms with Crippen LogP contribution in [-0.4, -0.2) is 22.1 Å². The number of carbonyl (C=O) groups is 2. The summed E-state index contributed by atoms with van der Waals surface area (Å²) in [6, 6.07) is 17.2. The normalized spacial score (nSPS) is 10.3. The van der Waals surface area contributed by atoms with Gasteiger partial charge in [0.25, 0.3) is 5.91 Å². The Balaban J connectivity index is 1.69. The van der Waals surface area contributed by atoms with Crippen LogP contribution in [-0.2, 0) is 0 Å². The molecule has 136 valence electrons. The summed E-state index contributed by atoms with van der Waals surface area (Å²) in [6.07, 6.45) is 0. The quantitative estimate of drug-likeness (QED) is 0.591. The molecule has 1 amide bonds. The summed E-state index contributed by atoms with van der Waals surface area (Å²) in [5.74, 6) is -1.05. The lowest BCUT2D eigenvalue weighted by Gasteiger charge is -2.11. The van der Waals surface area contributed by atoms with Crippen LogP contribution in [0.2, 0.25) is 0 Å². The number of carbonyl (C=O) groups excluding carboxylic acids is 1. The van der Waals surface area contributed by atoms with Crippen LogP contribution in [0.5, 0.6) is 0 Å². The predicted molar refractivity (Wildman–Crippen MR) is 106 cm³/mol. The van der Waals surface area contributed by atoms with Gasteiger partial charge in [0.2, 0.25) is 5.76 Å². The summed E-state index contributed by atoms with van der Waals surface area (Å²) in [4.78, 5) is 23.1. The third-order valence-corrected chi connectivity index (χ3v) is 4.03. The predicted octanol–water partition coefficient (Wildman–Crippen LogP) is 4.08. The molecule has 3 rings (SSSR count). The average molecular weight is 380 g/mol. The number of rotatable bonds is 4. The zero-order valence-electron chi connectivity index (χ0n) is 14.4. The van der Waals surface area contributed by atoms with E-state index in [9.17, 15) is 9.59 Å². The van der Waals surface area contributed by atoms with Crippen molar-refractivity contribution in [1.29, 1.82) is 0 Å². The van der Waals surface area contributed by atoms with E-state index >= 15 is 0 Å². The number of thiocarbonyl (C=S) groups is 1. The van der Waals surface area contributed by atoms with Gasteiger partial charge in [-0.1, -0.05) is 18.2 Å². The first-order valence-electron chi connectivity index (χ1n) is 8.05. The molecular weight excluding hydrogens is 364 g/mol. The molecule has 0 aliphatic carbocycles. The molecule has 0 saturated heterocycles. The van der Waals surface area contributed by atoms with Gasteiger partial charge in [0.15, 0.2) is 5.11 Å². The molecule has 1 heterocycles. The van der Waals surface area contributed by atoms with E-state index in [1.54, 1.807) is 42.5 Å². The molecule has 6 nitrogen and oxygen atoms in total. The average Bonchev–Trinajstić information content (AvgIpc) is 3.12. The molecule has 2 aromatic carbocycles. The lowest BCUT2D eigenvalue weighted by Crippen LogP contribution is -2.34. The third-order valence-electron chi connectivity index (χ3n) is 3.83. The van der Waals surface area contributed by atoms with Gasteiger partial charge in [0.1, 0.15) is 5.76 Å². The minimum absolute atomic E-state index is 0.114. The third kappa shape index (κ3) is 4.39. The standard InChI is InChI=1S/C20H16N2O4S/c1-12-11-14(7-8-15(12)16-9-10-17(26-16)19(24)25)21-20(27)22-18(23)13-5-3-2-4-6-13/h2-11H,1H3,(H,24,25)(H2,21,22,23,27). The molecular formula is C20H16N2O4S. The van der Waals surface area contributed by atoms with Crippen LogP contribution in [0.4, 0.5) is 5.69 Å². The molecule has 0 aliphatic rings. The number of amides is 1. The van der Waals surface area contributed by atoms with Gasteiger partial charge >= 0.3 is 5.97 Å². The van der Waals surface area contributed by atoms with E-state index in [0.29, 0.717) is 17.0 Å². The Morgan fingerprint density at radius 1 is 1.04 bits per heavy atom. The highest BCUT2D eigenvalue weighted by Gasteiger charge is 2.13. The zero-order chi connectivity index (χ0) is 19.4. The monoisotopic (exact) mass is 380 g/mol. The number of carboxylic acid groups (broad SMARTS) is 1. The van der Waals surface area contributed by atoms with Gasteiger partial charge in [0.05, 0.1) is 0 Å². The number of furan rings is 1. The number of hydrogen-bond acceptors (Lipinski definition) is 4. The maximum absolute atomic E-state index is 12.1. The largest absolute Gasteiger partial charge is 0.475 e. The second kappa shape index (κ2) is 7.84. The van der Waals surface area contributed by atoms with Crippen LogP contribution in [0.3, 0.4) is 0 Å². The lowest BCUT2D eigenvalue weighted by molar-refractivity contribution is 0.0663. The molecule has 3 N–H and O–H groups in total. The van der Waals surface area contributed by atoms with Gasteiger partial charge < -0.3 is 14.8 Å². The number of benzene rings is 2. The number of aryl methyl sites for hydroxylation is 1. The number of carboxylic acids is 1. The second-order valence-electron chi connectivity index (χ2n) is 5.77. The Kier molecular flexibility index (Phi) is 5.33. The summed E-state index contributed by atoms with van der Waals surface area (Å²) in [5.41, 5.74) is 2.84. The van der Waals surface area contributed by atoms with Crippen molar-refractivity contribution in [2.24, 2.45) is 0 Å². The Morgan fingerprint density at radius 2 is 1.78 bits per heavy atom. The fourth-order valence-corrected chi connectivity index (χ4v) is 2.75. The molecule has 0 aliphatic heterocycles. The smallest absolute Gasteiger partial charge is 0.371 e. The second-order valence-corrected chi connectivity index (χ2v) is 6.18. The van der Waals surface area contributed by atoms with Gasteiger partial charge in [0, 0.05) is 16.8 Å². The number of anilines is 1. The number of nitrogens with one attached hydrogen (secondary N) is 2. The van der Waals surface area contributed by atoms with E-state index in [-0.39, 0.29) is 16.8 Å². The molecule has 7 heteroatoms. The van der Waals surface area contributed by atoms with Crippen LogP contribution in [0.15, 0.2) is 65.1 Å². The fraction of sp³-hybridized carbons (Fsp3) is 0.0500. The van der Waals surface area contributed by atoms with E-state index in [2.05, 4.69) is 10.6 Å². The highest BCUT2D eigenvalue weighted by atomic mass is 32.1. The molecule has 0 radical (unpaired) electrons. The Hall–Kier alpha value is -3.45. The summed E-state index contributed by atoms with van der Waals surface area (Å²) >= 11 is 5.19. The molecule has 0 saturated carbocycles. The Labute approximate surface area is 160 Å². The summed E-state index contributed by atoms with van der Waals surface area (Å²) in [7, 11) is 0. The first-order chi connectivity index (χ1) is 12.9. The first-order valence-corrected chi connectivity index (χ1v) is 8.46. The molecule has 3 aromatic rings. The summed E-state index contributed by atoms with van der Waals surface area (Å²) < 4.78 is 5.33. The van der Waals surface area contributed by atoms with E-state index in [1.807, 2.05) is 19.1 Å². The van der Waals surface area contributed by atoms with E-state index in [1.165, 1.54) is 6.07 Å². The maximum Gasteiger partial charge on any atom is 0.371 e. The molecule has 0 atom stereocenters. The van der Waals surface area contributed by atoms with Crippen molar-refractivity contribution in [3.63, 3.8) is 0 Å².